The van der Waals surface area contributed by atoms with Crippen molar-refractivity contribution in [3.8, 4) is 0 Å². The monoisotopic (exact) mass is 266 g/mol. The maximum atomic E-state index is 12.1. The number of amides is 1. The van der Waals surface area contributed by atoms with E-state index in [0.29, 0.717) is 12.1 Å². The molecule has 0 radical (unpaired) electrons. The number of hydrogen-bond donors (Lipinski definition) is 2. The zero-order valence-corrected chi connectivity index (χ0v) is 12.0. The molecule has 5 nitrogen and oxygen atoms in total. The van der Waals surface area contributed by atoms with E-state index in [9.17, 15) is 9.59 Å². The van der Waals surface area contributed by atoms with Gasteiger partial charge in [0.15, 0.2) is 0 Å². The molecule has 0 bridgehead atoms. The summed E-state index contributed by atoms with van der Waals surface area (Å²) in [6.45, 7) is 8.95. The molecule has 1 amide bonds. The molecule has 19 heavy (non-hydrogen) atoms. The molecule has 1 unspecified atom stereocenters. The third-order valence-corrected chi connectivity index (χ3v) is 3.27. The summed E-state index contributed by atoms with van der Waals surface area (Å²) in [5, 5.41) is 11.5. The molecular weight excluding hydrogens is 244 g/mol. The Balaban J connectivity index is 2.66. The lowest BCUT2D eigenvalue weighted by molar-refractivity contribution is -0.137. The van der Waals surface area contributed by atoms with Gasteiger partial charge in [0.1, 0.15) is 0 Å². The summed E-state index contributed by atoms with van der Waals surface area (Å²) in [5.74, 6) is -1.05. The number of carboxylic acid groups (broad SMARTS) is 1. The second-order valence-electron chi connectivity index (χ2n) is 4.94. The maximum Gasteiger partial charge on any atom is 0.303 e. The lowest BCUT2D eigenvalue weighted by Crippen LogP contribution is -2.29. The Kier molecular flexibility index (Phi) is 5.15. The minimum absolute atomic E-state index is 0.0638. The van der Waals surface area contributed by atoms with Gasteiger partial charge < -0.3 is 15.0 Å². The first-order valence-corrected chi connectivity index (χ1v) is 6.53. The van der Waals surface area contributed by atoms with Crippen LogP contribution in [0.4, 0.5) is 0 Å². The summed E-state index contributed by atoms with van der Waals surface area (Å²) in [6.07, 6.45) is 0.0638. The number of carboxylic acids is 1. The van der Waals surface area contributed by atoms with E-state index in [1.807, 2.05) is 33.8 Å². The van der Waals surface area contributed by atoms with Crippen molar-refractivity contribution in [1.82, 2.24) is 9.88 Å². The number of aryl methyl sites for hydroxylation is 1. The first-order valence-electron chi connectivity index (χ1n) is 6.53. The first-order chi connectivity index (χ1) is 8.86. The van der Waals surface area contributed by atoms with Crippen LogP contribution in [0.25, 0.3) is 0 Å². The molecule has 0 fully saturated rings. The molecule has 0 aromatic carbocycles. The molecule has 1 aromatic heterocycles. The van der Waals surface area contributed by atoms with Crippen molar-refractivity contribution in [3.05, 3.63) is 23.0 Å². The summed E-state index contributed by atoms with van der Waals surface area (Å²) in [4.78, 5) is 22.6. The molecule has 0 saturated heterocycles. The molecule has 0 aliphatic rings. The van der Waals surface area contributed by atoms with E-state index in [-0.39, 0.29) is 18.2 Å². The summed E-state index contributed by atoms with van der Waals surface area (Å²) >= 11 is 0. The number of aliphatic carboxylic acids is 1. The molecule has 1 aromatic rings. The summed E-state index contributed by atoms with van der Waals surface area (Å²) < 4.78 is 2.08. The molecule has 1 atom stereocenters. The highest BCUT2D eigenvalue weighted by Gasteiger charge is 2.16. The fourth-order valence-electron chi connectivity index (χ4n) is 2.25. The summed E-state index contributed by atoms with van der Waals surface area (Å²) in [5.41, 5.74) is 2.67. The third-order valence-electron chi connectivity index (χ3n) is 3.27. The fourth-order valence-corrected chi connectivity index (χ4v) is 2.25. The van der Waals surface area contributed by atoms with E-state index in [4.69, 9.17) is 5.11 Å². The fraction of sp³-hybridized carbons (Fsp3) is 0.571. The normalized spacial score (nSPS) is 12.2. The lowest BCUT2D eigenvalue weighted by atomic mass is 10.1. The van der Waals surface area contributed by atoms with E-state index < -0.39 is 5.97 Å². The Hall–Kier alpha value is -1.78. The zero-order chi connectivity index (χ0) is 14.6. The lowest BCUT2D eigenvalue weighted by Gasteiger charge is -2.10. The van der Waals surface area contributed by atoms with Gasteiger partial charge in [-0.2, -0.15) is 0 Å². The quantitative estimate of drug-likeness (QED) is 0.827. The van der Waals surface area contributed by atoms with Gasteiger partial charge in [0.05, 0.1) is 5.56 Å². The minimum Gasteiger partial charge on any atom is -0.481 e. The molecule has 1 heterocycles. The number of carbonyl (C=O) groups excluding carboxylic acids is 1. The molecule has 1 rings (SSSR count). The predicted molar refractivity (Wildman–Crippen MR) is 73.3 cm³/mol. The van der Waals surface area contributed by atoms with Crippen molar-refractivity contribution in [2.75, 3.05) is 6.54 Å². The highest BCUT2D eigenvalue weighted by molar-refractivity contribution is 5.95. The van der Waals surface area contributed by atoms with Crippen molar-refractivity contribution in [2.45, 2.75) is 40.7 Å². The first kappa shape index (κ1) is 15.3. The van der Waals surface area contributed by atoms with Gasteiger partial charge in [-0.1, -0.05) is 6.92 Å². The Bertz CT molecular complexity index is 477. The predicted octanol–water partition coefficient (Wildman–Crippen LogP) is 1.97. The van der Waals surface area contributed by atoms with E-state index in [0.717, 1.165) is 17.9 Å². The van der Waals surface area contributed by atoms with Gasteiger partial charge in [0, 0.05) is 30.9 Å². The summed E-state index contributed by atoms with van der Waals surface area (Å²) in [7, 11) is 0. The Morgan fingerprint density at radius 2 is 2.05 bits per heavy atom. The van der Waals surface area contributed by atoms with Crippen LogP contribution in [-0.2, 0) is 11.3 Å². The Morgan fingerprint density at radius 3 is 2.53 bits per heavy atom. The van der Waals surface area contributed by atoms with E-state index in [1.54, 1.807) is 0 Å². The molecule has 106 valence electrons. The van der Waals surface area contributed by atoms with Gasteiger partial charge >= 0.3 is 5.97 Å². The molecule has 0 aliphatic heterocycles. The van der Waals surface area contributed by atoms with Crippen LogP contribution >= 0.6 is 0 Å². The van der Waals surface area contributed by atoms with Crippen molar-refractivity contribution in [3.63, 3.8) is 0 Å². The van der Waals surface area contributed by atoms with Crippen LogP contribution in [-0.4, -0.2) is 28.1 Å². The Morgan fingerprint density at radius 1 is 1.42 bits per heavy atom. The standard InChI is InChI=1S/C14H22N2O3/c1-5-16-10(3)7-12(11(16)4)14(19)15-8-9(2)6-13(17)18/h7,9H,5-6,8H2,1-4H3,(H,15,19)(H,17,18). The van der Waals surface area contributed by atoms with Crippen LogP contribution < -0.4 is 5.32 Å². The van der Waals surface area contributed by atoms with Crippen molar-refractivity contribution < 1.29 is 14.7 Å². The highest BCUT2D eigenvalue weighted by Crippen LogP contribution is 2.15. The van der Waals surface area contributed by atoms with Crippen LogP contribution in [0.3, 0.4) is 0 Å². The van der Waals surface area contributed by atoms with Gasteiger partial charge in [-0.3, -0.25) is 9.59 Å². The average Bonchev–Trinajstić information content (AvgIpc) is 2.60. The minimum atomic E-state index is -0.842. The molecule has 5 heteroatoms. The number of nitrogens with zero attached hydrogens (tertiary/aromatic N) is 1. The molecule has 2 N–H and O–H groups in total. The topological polar surface area (TPSA) is 71.3 Å². The van der Waals surface area contributed by atoms with Crippen molar-refractivity contribution >= 4 is 11.9 Å². The number of aromatic nitrogens is 1. The maximum absolute atomic E-state index is 12.1. The van der Waals surface area contributed by atoms with Crippen LogP contribution in [0.2, 0.25) is 0 Å². The largest absolute Gasteiger partial charge is 0.481 e. The van der Waals surface area contributed by atoms with Gasteiger partial charge in [-0.25, -0.2) is 0 Å². The second-order valence-corrected chi connectivity index (χ2v) is 4.94. The average molecular weight is 266 g/mol. The molecular formula is C14H22N2O3. The van der Waals surface area contributed by atoms with Gasteiger partial charge in [0.25, 0.3) is 5.91 Å². The zero-order valence-electron chi connectivity index (χ0n) is 12.0. The SMILES string of the molecule is CCn1c(C)cc(C(=O)NCC(C)CC(=O)O)c1C. The van der Waals surface area contributed by atoms with Crippen LogP contribution in [0.5, 0.6) is 0 Å². The molecule has 0 aliphatic carbocycles. The highest BCUT2D eigenvalue weighted by atomic mass is 16.4. The van der Waals surface area contributed by atoms with Crippen molar-refractivity contribution in [1.29, 1.82) is 0 Å². The second kappa shape index (κ2) is 6.41. The van der Waals surface area contributed by atoms with Crippen LogP contribution in [0.1, 0.15) is 42.0 Å². The van der Waals surface area contributed by atoms with Crippen molar-refractivity contribution in [2.24, 2.45) is 5.92 Å². The van der Waals surface area contributed by atoms with E-state index in [2.05, 4.69) is 9.88 Å². The smallest absolute Gasteiger partial charge is 0.303 e. The van der Waals surface area contributed by atoms with Crippen LogP contribution in [0.15, 0.2) is 6.07 Å². The van der Waals surface area contributed by atoms with E-state index >= 15 is 0 Å². The third kappa shape index (κ3) is 3.84. The Labute approximate surface area is 113 Å². The van der Waals surface area contributed by atoms with Crippen LogP contribution in [0, 0.1) is 19.8 Å². The van der Waals surface area contributed by atoms with Gasteiger partial charge in [-0.05, 0) is 32.8 Å². The molecule has 0 spiro atoms. The van der Waals surface area contributed by atoms with Gasteiger partial charge in [0.2, 0.25) is 0 Å². The number of carbonyl (C=O) groups is 2. The van der Waals surface area contributed by atoms with E-state index in [1.165, 1.54) is 0 Å². The summed E-state index contributed by atoms with van der Waals surface area (Å²) in [6, 6.07) is 1.87. The van der Waals surface area contributed by atoms with Gasteiger partial charge in [-0.15, -0.1) is 0 Å². The number of nitrogens with one attached hydrogen (secondary N) is 1. The molecule has 0 saturated carbocycles. The number of hydrogen-bond acceptors (Lipinski definition) is 2. The number of rotatable bonds is 6.